The smallest absolute Gasteiger partial charge is 0.187 e. The van der Waals surface area contributed by atoms with Gasteiger partial charge in [0.1, 0.15) is 0 Å². The van der Waals surface area contributed by atoms with Crippen molar-refractivity contribution >= 4 is 17.5 Å². The fraction of sp³-hybridized carbons (Fsp3) is 0.389. The van der Waals surface area contributed by atoms with Crippen molar-refractivity contribution in [1.29, 1.82) is 0 Å². The van der Waals surface area contributed by atoms with E-state index in [1.165, 1.54) is 49.4 Å². The number of carbonyl (C=O) groups is 1. The maximum atomic E-state index is 12.2. The Morgan fingerprint density at radius 3 is 2.41 bits per heavy atom. The molecule has 114 valence electrons. The Balaban J connectivity index is 1.58. The number of Topliss-reactive ketones (excluding diaryl/α,β-unsaturated/α-hetero) is 1. The molecule has 3 rings (SSSR count). The highest BCUT2D eigenvalue weighted by Crippen LogP contribution is 2.32. The van der Waals surface area contributed by atoms with Crippen molar-refractivity contribution in [3.63, 3.8) is 0 Å². The second kappa shape index (κ2) is 7.54. The maximum Gasteiger partial charge on any atom is 0.187 e. The van der Waals surface area contributed by atoms with Crippen molar-refractivity contribution in [3.8, 4) is 0 Å². The average molecular weight is 312 g/mol. The second-order valence-corrected chi connectivity index (χ2v) is 6.64. The van der Waals surface area contributed by atoms with Crippen LogP contribution in [0.15, 0.2) is 47.9 Å². The van der Waals surface area contributed by atoms with Gasteiger partial charge in [-0.1, -0.05) is 55.3 Å². The van der Waals surface area contributed by atoms with Gasteiger partial charge in [-0.3, -0.25) is 4.79 Å². The molecule has 0 unspecified atom stereocenters. The minimum Gasteiger partial charge on any atom is -0.293 e. The lowest BCUT2D eigenvalue weighted by Gasteiger charge is -2.22. The zero-order valence-corrected chi connectivity index (χ0v) is 13.4. The number of aromatic nitrogens is 2. The molecule has 0 atom stereocenters. The molecule has 3 nitrogen and oxygen atoms in total. The number of nitrogens with zero attached hydrogens (tertiary/aromatic N) is 2. The molecular formula is C18H20N2OS. The van der Waals surface area contributed by atoms with Gasteiger partial charge in [0.25, 0.3) is 0 Å². The fourth-order valence-corrected chi connectivity index (χ4v) is 3.65. The van der Waals surface area contributed by atoms with Crippen LogP contribution in [-0.4, -0.2) is 21.5 Å². The van der Waals surface area contributed by atoms with Crippen molar-refractivity contribution in [2.24, 2.45) is 0 Å². The van der Waals surface area contributed by atoms with Crippen LogP contribution in [0.25, 0.3) is 0 Å². The Kier molecular flexibility index (Phi) is 5.22. The van der Waals surface area contributed by atoms with Gasteiger partial charge in [-0.05, 0) is 30.4 Å². The summed E-state index contributed by atoms with van der Waals surface area (Å²) in [6.07, 6.45) is 9.99. The minimum absolute atomic E-state index is 0.132. The van der Waals surface area contributed by atoms with E-state index in [1.54, 1.807) is 18.5 Å². The normalized spacial score (nSPS) is 15.6. The van der Waals surface area contributed by atoms with Gasteiger partial charge < -0.3 is 0 Å². The summed E-state index contributed by atoms with van der Waals surface area (Å²) < 4.78 is 0. The van der Waals surface area contributed by atoms with Gasteiger partial charge in [-0.15, -0.1) is 0 Å². The Labute approximate surface area is 135 Å². The summed E-state index contributed by atoms with van der Waals surface area (Å²) in [5.41, 5.74) is 2.17. The number of benzene rings is 1. The summed E-state index contributed by atoms with van der Waals surface area (Å²) in [5.74, 6) is 1.20. The molecule has 1 heterocycles. The molecule has 4 heteroatoms. The fourth-order valence-electron chi connectivity index (χ4n) is 2.95. The van der Waals surface area contributed by atoms with Gasteiger partial charge in [0, 0.05) is 18.0 Å². The summed E-state index contributed by atoms with van der Waals surface area (Å²) >= 11 is 1.38. The molecule has 1 aliphatic rings. The molecule has 0 bridgehead atoms. The van der Waals surface area contributed by atoms with E-state index < -0.39 is 0 Å². The summed E-state index contributed by atoms with van der Waals surface area (Å²) in [4.78, 5) is 20.5. The van der Waals surface area contributed by atoms with Crippen LogP contribution >= 0.6 is 11.8 Å². The third-order valence-electron chi connectivity index (χ3n) is 4.18. The van der Waals surface area contributed by atoms with Crippen LogP contribution in [0.2, 0.25) is 0 Å². The highest BCUT2D eigenvalue weighted by Gasteiger charge is 2.16. The van der Waals surface area contributed by atoms with Crippen molar-refractivity contribution in [2.75, 3.05) is 5.75 Å². The molecule has 0 saturated heterocycles. The largest absolute Gasteiger partial charge is 0.293 e. The quantitative estimate of drug-likeness (QED) is 0.463. The zero-order chi connectivity index (χ0) is 15.2. The summed E-state index contributed by atoms with van der Waals surface area (Å²) in [7, 11) is 0. The van der Waals surface area contributed by atoms with Crippen molar-refractivity contribution in [3.05, 3.63) is 53.9 Å². The van der Waals surface area contributed by atoms with E-state index >= 15 is 0 Å². The SMILES string of the molecule is O=C(CSc1ncccn1)c1ccc(C2CCCCC2)cc1. The molecule has 0 N–H and O–H groups in total. The van der Waals surface area contributed by atoms with Gasteiger partial charge in [0.2, 0.25) is 0 Å². The van der Waals surface area contributed by atoms with Crippen molar-refractivity contribution in [1.82, 2.24) is 9.97 Å². The van der Waals surface area contributed by atoms with Gasteiger partial charge in [-0.25, -0.2) is 9.97 Å². The number of carbonyl (C=O) groups excluding carboxylic acids is 1. The van der Waals surface area contributed by atoms with Crippen LogP contribution in [0, 0.1) is 0 Å². The Bertz CT molecular complexity index is 607. The standard InChI is InChI=1S/C18H20N2OS/c21-17(13-22-18-19-11-4-12-20-18)16-9-7-15(8-10-16)14-5-2-1-3-6-14/h4,7-12,14H,1-3,5-6,13H2. The van der Waals surface area contributed by atoms with Crippen LogP contribution in [0.4, 0.5) is 0 Å². The maximum absolute atomic E-state index is 12.2. The average Bonchev–Trinajstić information content (AvgIpc) is 2.61. The van der Waals surface area contributed by atoms with Gasteiger partial charge >= 0.3 is 0 Å². The lowest BCUT2D eigenvalue weighted by Crippen LogP contribution is -2.06. The molecule has 22 heavy (non-hydrogen) atoms. The van der Waals surface area contributed by atoms with Crippen molar-refractivity contribution < 1.29 is 4.79 Å². The van der Waals surface area contributed by atoms with Crippen LogP contribution in [0.5, 0.6) is 0 Å². The highest BCUT2D eigenvalue weighted by atomic mass is 32.2. The molecule has 0 amide bonds. The monoisotopic (exact) mass is 312 g/mol. The van der Waals surface area contributed by atoms with Crippen LogP contribution < -0.4 is 0 Å². The molecule has 1 aromatic heterocycles. The zero-order valence-electron chi connectivity index (χ0n) is 12.6. The van der Waals surface area contributed by atoms with Gasteiger partial charge in [0.15, 0.2) is 10.9 Å². The van der Waals surface area contributed by atoms with Crippen LogP contribution in [-0.2, 0) is 0 Å². The van der Waals surface area contributed by atoms with E-state index in [4.69, 9.17) is 0 Å². The van der Waals surface area contributed by atoms with Crippen LogP contribution in [0.1, 0.15) is 53.9 Å². The molecule has 1 aliphatic carbocycles. The third kappa shape index (κ3) is 3.95. The number of hydrogen-bond donors (Lipinski definition) is 0. The van der Waals surface area contributed by atoms with E-state index in [0.29, 0.717) is 16.8 Å². The molecule has 1 fully saturated rings. The number of thioether (sulfide) groups is 1. The molecule has 1 saturated carbocycles. The first-order chi connectivity index (χ1) is 10.8. The molecule has 1 aromatic carbocycles. The molecular weight excluding hydrogens is 292 g/mol. The van der Waals surface area contributed by atoms with E-state index in [1.807, 2.05) is 12.1 Å². The van der Waals surface area contributed by atoms with E-state index in [0.717, 1.165) is 5.56 Å². The molecule has 0 spiro atoms. The molecule has 0 radical (unpaired) electrons. The Hall–Kier alpha value is -1.68. The highest BCUT2D eigenvalue weighted by molar-refractivity contribution is 7.99. The van der Waals surface area contributed by atoms with Crippen LogP contribution in [0.3, 0.4) is 0 Å². The number of rotatable bonds is 5. The molecule has 2 aromatic rings. The molecule has 0 aliphatic heterocycles. The van der Waals surface area contributed by atoms with Crippen molar-refractivity contribution in [2.45, 2.75) is 43.2 Å². The summed E-state index contributed by atoms with van der Waals surface area (Å²) in [5, 5.41) is 0.648. The summed E-state index contributed by atoms with van der Waals surface area (Å²) in [6, 6.07) is 9.98. The van der Waals surface area contributed by atoms with E-state index in [-0.39, 0.29) is 5.78 Å². The third-order valence-corrected chi connectivity index (χ3v) is 5.06. The topological polar surface area (TPSA) is 42.9 Å². The number of hydrogen-bond acceptors (Lipinski definition) is 4. The second-order valence-electron chi connectivity index (χ2n) is 5.70. The first-order valence-electron chi connectivity index (χ1n) is 7.86. The lowest BCUT2D eigenvalue weighted by atomic mass is 9.84. The van der Waals surface area contributed by atoms with Gasteiger partial charge in [-0.2, -0.15) is 0 Å². The predicted molar refractivity (Wildman–Crippen MR) is 89.4 cm³/mol. The Morgan fingerprint density at radius 1 is 1.05 bits per heavy atom. The Morgan fingerprint density at radius 2 is 1.73 bits per heavy atom. The first kappa shape index (κ1) is 15.2. The summed E-state index contributed by atoms with van der Waals surface area (Å²) in [6.45, 7) is 0. The van der Waals surface area contributed by atoms with Gasteiger partial charge in [0.05, 0.1) is 5.75 Å². The van der Waals surface area contributed by atoms with E-state index in [9.17, 15) is 4.79 Å². The first-order valence-corrected chi connectivity index (χ1v) is 8.84. The minimum atomic E-state index is 0.132. The predicted octanol–water partition coefficient (Wildman–Crippen LogP) is 4.50. The van der Waals surface area contributed by atoms with E-state index in [2.05, 4.69) is 22.1 Å². The lowest BCUT2D eigenvalue weighted by molar-refractivity contribution is 0.102. The number of ketones is 1.